The highest BCUT2D eigenvalue weighted by atomic mass is 16.5. The van der Waals surface area contributed by atoms with Gasteiger partial charge in [-0.1, -0.05) is 18.2 Å². The van der Waals surface area contributed by atoms with Gasteiger partial charge in [-0.25, -0.2) is 4.79 Å². The number of hydrogen-bond donors (Lipinski definition) is 1. The Bertz CT molecular complexity index is 458. The molecule has 1 N–H and O–H groups in total. The summed E-state index contributed by atoms with van der Waals surface area (Å²) in [5.41, 5.74) is 1.05. The van der Waals surface area contributed by atoms with Gasteiger partial charge >= 0.3 is 6.03 Å². The summed E-state index contributed by atoms with van der Waals surface area (Å²) < 4.78 is 10.9. The van der Waals surface area contributed by atoms with Gasteiger partial charge in [0.1, 0.15) is 12.4 Å². The summed E-state index contributed by atoms with van der Waals surface area (Å²) in [6, 6.07) is 7.97. The zero-order valence-corrected chi connectivity index (χ0v) is 10.8. The van der Waals surface area contributed by atoms with Gasteiger partial charge in [-0.2, -0.15) is 0 Å². The van der Waals surface area contributed by atoms with Gasteiger partial charge < -0.3 is 19.7 Å². The molecule has 0 saturated carbocycles. The van der Waals surface area contributed by atoms with E-state index in [2.05, 4.69) is 5.32 Å². The van der Waals surface area contributed by atoms with Crippen molar-refractivity contribution in [1.82, 2.24) is 10.2 Å². The summed E-state index contributed by atoms with van der Waals surface area (Å²) in [6.07, 6.45) is 0.896. The largest absolute Gasteiger partial charge is 0.491 e. The van der Waals surface area contributed by atoms with Crippen LogP contribution in [0.3, 0.4) is 0 Å². The molecule has 2 aliphatic rings. The summed E-state index contributed by atoms with van der Waals surface area (Å²) in [6.45, 7) is 3.08. The predicted octanol–water partition coefficient (Wildman–Crippen LogP) is 1.38. The molecule has 0 aromatic heterocycles. The lowest BCUT2D eigenvalue weighted by atomic mass is 10.2. The number of amides is 2. The highest BCUT2D eigenvalue weighted by Crippen LogP contribution is 2.22. The van der Waals surface area contributed by atoms with Gasteiger partial charge in [0, 0.05) is 12.2 Å². The number of hydrogen-bond acceptors (Lipinski definition) is 3. The molecular formula is C14H18N2O3. The molecule has 1 saturated heterocycles. The fraction of sp³-hybridized carbons (Fsp3) is 0.500. The van der Waals surface area contributed by atoms with E-state index in [1.807, 2.05) is 24.3 Å². The number of benzene rings is 1. The molecule has 1 fully saturated rings. The quantitative estimate of drug-likeness (QED) is 0.832. The molecule has 5 nitrogen and oxygen atoms in total. The van der Waals surface area contributed by atoms with Crippen LogP contribution < -0.4 is 10.1 Å². The Labute approximate surface area is 112 Å². The third-order valence-electron chi connectivity index (χ3n) is 3.50. The summed E-state index contributed by atoms with van der Waals surface area (Å²) in [7, 11) is 0. The Morgan fingerprint density at radius 3 is 3.05 bits per heavy atom. The third kappa shape index (κ3) is 2.81. The van der Waals surface area contributed by atoms with E-state index in [9.17, 15) is 4.79 Å². The van der Waals surface area contributed by atoms with Gasteiger partial charge in [-0.05, 0) is 12.5 Å². The molecule has 2 aliphatic heterocycles. The van der Waals surface area contributed by atoms with E-state index in [4.69, 9.17) is 9.47 Å². The van der Waals surface area contributed by atoms with E-state index >= 15 is 0 Å². The van der Waals surface area contributed by atoms with Crippen molar-refractivity contribution in [1.29, 1.82) is 0 Å². The van der Waals surface area contributed by atoms with E-state index in [-0.39, 0.29) is 12.1 Å². The zero-order chi connectivity index (χ0) is 13.1. The second-order valence-corrected chi connectivity index (χ2v) is 4.89. The lowest BCUT2D eigenvalue weighted by molar-refractivity contribution is 0.173. The third-order valence-corrected chi connectivity index (χ3v) is 3.50. The average molecular weight is 262 g/mol. The second kappa shape index (κ2) is 5.48. The molecule has 0 radical (unpaired) electrons. The molecule has 2 amide bonds. The maximum atomic E-state index is 12.2. The van der Waals surface area contributed by atoms with E-state index < -0.39 is 0 Å². The van der Waals surface area contributed by atoms with Gasteiger partial charge in [0.2, 0.25) is 0 Å². The second-order valence-electron chi connectivity index (χ2n) is 4.89. The minimum atomic E-state index is -0.0317. The van der Waals surface area contributed by atoms with Crippen LogP contribution in [0, 0.1) is 0 Å². The van der Waals surface area contributed by atoms with Crippen LogP contribution in [0.2, 0.25) is 0 Å². The fourth-order valence-corrected chi connectivity index (χ4v) is 2.41. The van der Waals surface area contributed by atoms with Crippen LogP contribution >= 0.6 is 0 Å². The van der Waals surface area contributed by atoms with E-state index in [1.165, 1.54) is 0 Å². The lowest BCUT2D eigenvalue weighted by Crippen LogP contribution is -2.45. The molecular weight excluding hydrogens is 244 g/mol. The number of para-hydroxylation sites is 1. The zero-order valence-electron chi connectivity index (χ0n) is 10.8. The minimum absolute atomic E-state index is 0.0317. The van der Waals surface area contributed by atoms with Crippen LogP contribution in [-0.2, 0) is 11.3 Å². The SMILES string of the molecule is O=C(NC1CCOC1)N1CCOc2ccccc2C1. The Morgan fingerprint density at radius 1 is 1.32 bits per heavy atom. The van der Waals surface area contributed by atoms with E-state index in [0.717, 1.165) is 24.3 Å². The highest BCUT2D eigenvalue weighted by Gasteiger charge is 2.23. The van der Waals surface area contributed by atoms with Crippen LogP contribution in [0.5, 0.6) is 5.75 Å². The van der Waals surface area contributed by atoms with Crippen molar-refractivity contribution in [3.8, 4) is 5.75 Å². The van der Waals surface area contributed by atoms with Gasteiger partial charge in [0.15, 0.2) is 0 Å². The van der Waals surface area contributed by atoms with Crippen molar-refractivity contribution in [3.63, 3.8) is 0 Å². The Hall–Kier alpha value is -1.75. The first-order chi connectivity index (χ1) is 9.33. The molecule has 0 aliphatic carbocycles. The molecule has 1 unspecified atom stereocenters. The van der Waals surface area contributed by atoms with Gasteiger partial charge in [0.25, 0.3) is 0 Å². The van der Waals surface area contributed by atoms with Crippen molar-refractivity contribution in [2.45, 2.75) is 19.0 Å². The van der Waals surface area contributed by atoms with E-state index in [1.54, 1.807) is 4.90 Å². The Balaban J connectivity index is 1.66. The fourth-order valence-electron chi connectivity index (χ4n) is 2.41. The standard InChI is InChI=1S/C14H18N2O3/c17-14(15-12-5-7-18-10-12)16-6-8-19-13-4-2-1-3-11(13)9-16/h1-4,12H,5-10H2,(H,15,17). The monoisotopic (exact) mass is 262 g/mol. The number of nitrogens with one attached hydrogen (secondary N) is 1. The number of carbonyl (C=O) groups excluding carboxylic acids is 1. The highest BCUT2D eigenvalue weighted by molar-refractivity contribution is 5.74. The number of ether oxygens (including phenoxy) is 2. The normalized spacial score (nSPS) is 22.3. The molecule has 2 heterocycles. The maximum Gasteiger partial charge on any atom is 0.318 e. The Morgan fingerprint density at radius 2 is 2.21 bits per heavy atom. The van der Waals surface area contributed by atoms with Crippen molar-refractivity contribution in [2.75, 3.05) is 26.4 Å². The average Bonchev–Trinajstić information content (AvgIpc) is 2.82. The summed E-state index contributed by atoms with van der Waals surface area (Å²) in [5, 5.41) is 3.01. The first kappa shape index (κ1) is 12.3. The molecule has 102 valence electrons. The number of nitrogens with zero attached hydrogens (tertiary/aromatic N) is 1. The minimum Gasteiger partial charge on any atom is -0.491 e. The number of carbonyl (C=O) groups is 1. The molecule has 19 heavy (non-hydrogen) atoms. The molecule has 5 heteroatoms. The first-order valence-electron chi connectivity index (χ1n) is 6.67. The smallest absolute Gasteiger partial charge is 0.318 e. The predicted molar refractivity (Wildman–Crippen MR) is 70.1 cm³/mol. The van der Waals surface area contributed by atoms with Gasteiger partial charge in [-0.15, -0.1) is 0 Å². The van der Waals surface area contributed by atoms with Crippen molar-refractivity contribution in [2.24, 2.45) is 0 Å². The molecule has 1 aromatic rings. The first-order valence-corrected chi connectivity index (χ1v) is 6.67. The number of urea groups is 1. The van der Waals surface area contributed by atoms with E-state index in [0.29, 0.717) is 26.3 Å². The van der Waals surface area contributed by atoms with Crippen molar-refractivity contribution >= 4 is 6.03 Å². The maximum absolute atomic E-state index is 12.2. The van der Waals surface area contributed by atoms with Crippen LogP contribution in [0.25, 0.3) is 0 Å². The number of rotatable bonds is 1. The summed E-state index contributed by atoms with van der Waals surface area (Å²) in [5.74, 6) is 0.877. The molecule has 3 rings (SSSR count). The Kier molecular flexibility index (Phi) is 3.55. The lowest BCUT2D eigenvalue weighted by Gasteiger charge is -2.22. The number of fused-ring (bicyclic) bond motifs is 1. The van der Waals surface area contributed by atoms with Crippen LogP contribution in [0.1, 0.15) is 12.0 Å². The topological polar surface area (TPSA) is 50.8 Å². The van der Waals surface area contributed by atoms with Gasteiger partial charge in [-0.3, -0.25) is 0 Å². The molecule has 0 bridgehead atoms. The van der Waals surface area contributed by atoms with Crippen molar-refractivity contribution < 1.29 is 14.3 Å². The molecule has 1 aromatic carbocycles. The van der Waals surface area contributed by atoms with Crippen LogP contribution in [0.4, 0.5) is 4.79 Å². The summed E-state index contributed by atoms with van der Waals surface area (Å²) >= 11 is 0. The van der Waals surface area contributed by atoms with Crippen LogP contribution in [-0.4, -0.2) is 43.3 Å². The molecule has 1 atom stereocenters. The summed E-state index contributed by atoms with van der Waals surface area (Å²) in [4.78, 5) is 14.0. The van der Waals surface area contributed by atoms with Crippen molar-refractivity contribution in [3.05, 3.63) is 29.8 Å². The van der Waals surface area contributed by atoms with Crippen LogP contribution in [0.15, 0.2) is 24.3 Å². The van der Waals surface area contributed by atoms with Gasteiger partial charge in [0.05, 0.1) is 25.7 Å². The molecule has 0 spiro atoms.